The van der Waals surface area contributed by atoms with Crippen LogP contribution in [-0.4, -0.2) is 31.3 Å². The number of ether oxygens (including phenoxy) is 1. The van der Waals surface area contributed by atoms with E-state index in [0.717, 1.165) is 42.1 Å². The second-order valence-corrected chi connectivity index (χ2v) is 5.02. The summed E-state index contributed by atoms with van der Waals surface area (Å²) in [4.78, 5) is 6.97. The van der Waals surface area contributed by atoms with Crippen molar-refractivity contribution in [2.75, 3.05) is 31.2 Å². The van der Waals surface area contributed by atoms with Gasteiger partial charge in [0.15, 0.2) is 0 Å². The first kappa shape index (κ1) is 11.0. The third-order valence-electron chi connectivity index (χ3n) is 2.97. The van der Waals surface area contributed by atoms with Crippen molar-refractivity contribution in [1.29, 1.82) is 0 Å². The Balaban J connectivity index is 1.99. The van der Waals surface area contributed by atoms with Crippen LogP contribution in [0.15, 0.2) is 34.8 Å². The Hall–Kier alpha value is -1.13. The van der Waals surface area contributed by atoms with E-state index in [4.69, 9.17) is 9.72 Å². The monoisotopic (exact) mass is 292 g/mol. The molecule has 1 saturated heterocycles. The second-order valence-electron chi connectivity index (χ2n) is 4.11. The highest BCUT2D eigenvalue weighted by atomic mass is 79.9. The number of benzene rings is 1. The molecule has 0 N–H and O–H groups in total. The fraction of sp³-hybridized carbons (Fsp3) is 0.308. The number of nitrogens with zero attached hydrogens (tertiary/aromatic N) is 2. The van der Waals surface area contributed by atoms with E-state index in [1.165, 1.54) is 5.39 Å². The highest BCUT2D eigenvalue weighted by Gasteiger charge is 2.12. The summed E-state index contributed by atoms with van der Waals surface area (Å²) in [7, 11) is 0. The van der Waals surface area contributed by atoms with E-state index in [2.05, 4.69) is 45.1 Å². The maximum atomic E-state index is 5.35. The first-order valence-corrected chi connectivity index (χ1v) is 6.51. The maximum Gasteiger partial charge on any atom is 0.129 e. The van der Waals surface area contributed by atoms with Gasteiger partial charge in [-0.25, -0.2) is 4.98 Å². The summed E-state index contributed by atoms with van der Waals surface area (Å²) in [6.07, 6.45) is 0. The van der Waals surface area contributed by atoms with Crippen LogP contribution in [0, 0.1) is 0 Å². The van der Waals surface area contributed by atoms with Crippen LogP contribution < -0.4 is 4.90 Å². The minimum absolute atomic E-state index is 0.790. The van der Waals surface area contributed by atoms with Gasteiger partial charge in [-0.3, -0.25) is 0 Å². The molecule has 0 spiro atoms. The number of anilines is 1. The Morgan fingerprint density at radius 3 is 2.71 bits per heavy atom. The molecule has 88 valence electrons. The van der Waals surface area contributed by atoms with Gasteiger partial charge in [0.2, 0.25) is 0 Å². The zero-order valence-corrected chi connectivity index (χ0v) is 11.0. The molecule has 0 atom stereocenters. The molecule has 0 amide bonds. The molecule has 3 nitrogen and oxygen atoms in total. The lowest BCUT2D eigenvalue weighted by atomic mass is 10.2. The van der Waals surface area contributed by atoms with E-state index in [0.29, 0.717) is 0 Å². The normalized spacial score (nSPS) is 16.4. The van der Waals surface area contributed by atoms with Crippen LogP contribution in [0.5, 0.6) is 0 Å². The average molecular weight is 293 g/mol. The minimum Gasteiger partial charge on any atom is -0.378 e. The first-order chi connectivity index (χ1) is 8.33. The molecule has 3 rings (SSSR count). The maximum absolute atomic E-state index is 5.35. The predicted molar refractivity (Wildman–Crippen MR) is 72.5 cm³/mol. The summed E-state index contributed by atoms with van der Waals surface area (Å²) in [5.74, 6) is 1.04. The van der Waals surface area contributed by atoms with Crippen molar-refractivity contribution in [3.8, 4) is 0 Å². The van der Waals surface area contributed by atoms with Gasteiger partial charge in [0.1, 0.15) is 5.82 Å². The van der Waals surface area contributed by atoms with Crippen molar-refractivity contribution in [3.63, 3.8) is 0 Å². The standard InChI is InChI=1S/C13H13BrN2O/c14-11-3-1-10-2-4-13(15-12(10)9-11)16-5-7-17-8-6-16/h1-4,9H,5-8H2. The molecule has 4 heteroatoms. The first-order valence-electron chi connectivity index (χ1n) is 5.72. The Kier molecular flexibility index (Phi) is 2.99. The van der Waals surface area contributed by atoms with Crippen LogP contribution in [0.4, 0.5) is 5.82 Å². The third kappa shape index (κ3) is 2.28. The molecule has 1 fully saturated rings. The van der Waals surface area contributed by atoms with Gasteiger partial charge in [0.25, 0.3) is 0 Å². The zero-order chi connectivity index (χ0) is 11.7. The summed E-state index contributed by atoms with van der Waals surface area (Å²) in [5, 5.41) is 1.17. The molecule has 2 heterocycles. The fourth-order valence-electron chi connectivity index (χ4n) is 2.05. The largest absolute Gasteiger partial charge is 0.378 e. The number of fused-ring (bicyclic) bond motifs is 1. The summed E-state index contributed by atoms with van der Waals surface area (Å²) >= 11 is 3.48. The van der Waals surface area contributed by atoms with Gasteiger partial charge >= 0.3 is 0 Å². The Labute approximate surface area is 109 Å². The van der Waals surface area contributed by atoms with Crippen LogP contribution in [0.2, 0.25) is 0 Å². The van der Waals surface area contributed by atoms with Crippen LogP contribution in [0.25, 0.3) is 10.9 Å². The van der Waals surface area contributed by atoms with E-state index in [-0.39, 0.29) is 0 Å². The summed E-state index contributed by atoms with van der Waals surface area (Å²) in [6.45, 7) is 3.43. The Morgan fingerprint density at radius 1 is 1.12 bits per heavy atom. The van der Waals surface area contributed by atoms with Crippen molar-refractivity contribution in [2.45, 2.75) is 0 Å². The second kappa shape index (κ2) is 4.63. The van der Waals surface area contributed by atoms with Crippen molar-refractivity contribution in [1.82, 2.24) is 4.98 Å². The molecule has 0 saturated carbocycles. The number of rotatable bonds is 1. The van der Waals surface area contributed by atoms with E-state index >= 15 is 0 Å². The molecule has 0 radical (unpaired) electrons. The number of hydrogen-bond donors (Lipinski definition) is 0. The summed E-state index contributed by atoms with van der Waals surface area (Å²) in [6, 6.07) is 10.4. The number of hydrogen-bond acceptors (Lipinski definition) is 3. The number of aromatic nitrogens is 1. The molecule has 0 unspecified atom stereocenters. The van der Waals surface area contributed by atoms with E-state index in [9.17, 15) is 0 Å². The molecule has 0 bridgehead atoms. The zero-order valence-electron chi connectivity index (χ0n) is 9.40. The van der Waals surface area contributed by atoms with E-state index in [1.54, 1.807) is 0 Å². The van der Waals surface area contributed by atoms with E-state index < -0.39 is 0 Å². The van der Waals surface area contributed by atoms with Crippen LogP contribution in [0.3, 0.4) is 0 Å². The molecule has 1 aromatic carbocycles. The van der Waals surface area contributed by atoms with Crippen LogP contribution in [0.1, 0.15) is 0 Å². The highest BCUT2D eigenvalue weighted by Crippen LogP contribution is 2.22. The topological polar surface area (TPSA) is 25.4 Å². The number of halogens is 1. The molecule has 2 aromatic rings. The van der Waals surface area contributed by atoms with Gasteiger partial charge in [0.05, 0.1) is 18.7 Å². The van der Waals surface area contributed by atoms with Gasteiger partial charge in [-0.2, -0.15) is 0 Å². The van der Waals surface area contributed by atoms with Gasteiger partial charge in [-0.15, -0.1) is 0 Å². The molecular formula is C13H13BrN2O. The van der Waals surface area contributed by atoms with Gasteiger partial charge < -0.3 is 9.64 Å². The lowest BCUT2D eigenvalue weighted by molar-refractivity contribution is 0.122. The quantitative estimate of drug-likeness (QED) is 0.808. The lowest BCUT2D eigenvalue weighted by Crippen LogP contribution is -2.36. The molecule has 17 heavy (non-hydrogen) atoms. The summed E-state index contributed by atoms with van der Waals surface area (Å²) in [5.41, 5.74) is 1.03. The molecule has 1 aliphatic rings. The Morgan fingerprint density at radius 2 is 1.88 bits per heavy atom. The van der Waals surface area contributed by atoms with Crippen molar-refractivity contribution < 1.29 is 4.74 Å². The fourth-order valence-corrected chi connectivity index (χ4v) is 2.40. The van der Waals surface area contributed by atoms with Crippen LogP contribution in [-0.2, 0) is 4.74 Å². The number of morpholine rings is 1. The highest BCUT2D eigenvalue weighted by molar-refractivity contribution is 9.10. The molecule has 1 aromatic heterocycles. The Bertz CT molecular complexity index is 538. The smallest absolute Gasteiger partial charge is 0.129 e. The van der Waals surface area contributed by atoms with Gasteiger partial charge in [0, 0.05) is 22.9 Å². The van der Waals surface area contributed by atoms with Crippen molar-refractivity contribution in [2.24, 2.45) is 0 Å². The third-order valence-corrected chi connectivity index (χ3v) is 3.47. The SMILES string of the molecule is Brc1ccc2ccc(N3CCOCC3)nc2c1. The van der Waals surface area contributed by atoms with Gasteiger partial charge in [-0.1, -0.05) is 22.0 Å². The van der Waals surface area contributed by atoms with Crippen molar-refractivity contribution >= 4 is 32.7 Å². The average Bonchev–Trinajstić information content (AvgIpc) is 2.39. The van der Waals surface area contributed by atoms with Gasteiger partial charge in [-0.05, 0) is 24.3 Å². The lowest BCUT2D eigenvalue weighted by Gasteiger charge is -2.27. The van der Waals surface area contributed by atoms with E-state index in [1.807, 2.05) is 6.07 Å². The number of pyridine rings is 1. The molecule has 0 aliphatic carbocycles. The predicted octanol–water partition coefficient (Wildman–Crippen LogP) is 2.83. The molecule has 1 aliphatic heterocycles. The van der Waals surface area contributed by atoms with Crippen molar-refractivity contribution in [3.05, 3.63) is 34.8 Å². The minimum atomic E-state index is 0.790. The summed E-state index contributed by atoms with van der Waals surface area (Å²) < 4.78 is 6.42. The van der Waals surface area contributed by atoms with Crippen LogP contribution >= 0.6 is 15.9 Å². The molecular weight excluding hydrogens is 280 g/mol.